The Kier molecular flexibility index (Phi) is 4.33. The maximum Gasteiger partial charge on any atom is 0.161 e. The van der Waals surface area contributed by atoms with Crippen LogP contribution in [0.5, 0.6) is 5.75 Å². The summed E-state index contributed by atoms with van der Waals surface area (Å²) < 4.78 is 0. The molecule has 0 heterocycles. The fourth-order valence-electron chi connectivity index (χ4n) is 2.03. The summed E-state index contributed by atoms with van der Waals surface area (Å²) in [6.45, 7) is 1.88. The zero-order valence-electron chi connectivity index (χ0n) is 10.5. The molecule has 1 N–H and O–H groups in total. The summed E-state index contributed by atoms with van der Waals surface area (Å²) >= 11 is 12.1. The summed E-state index contributed by atoms with van der Waals surface area (Å²) in [4.78, 5) is 12.1. The molecule has 19 heavy (non-hydrogen) atoms. The number of aryl methyl sites for hydroxylation is 1. The van der Waals surface area contributed by atoms with Crippen molar-refractivity contribution in [3.8, 4) is 5.75 Å². The van der Waals surface area contributed by atoms with Gasteiger partial charge in [-0.2, -0.15) is 0 Å². The highest BCUT2D eigenvalue weighted by Gasteiger charge is 2.23. The SMILES string of the molecule is CC1=C(Cl)C(Cl)=C(C(=O)CCc2ccc(O)cc2)C1. The van der Waals surface area contributed by atoms with Crippen molar-refractivity contribution in [3.05, 3.63) is 51.0 Å². The first-order chi connectivity index (χ1) is 8.99. The number of Topliss-reactive ketones (excluding diaryl/α,β-unsaturated/α-hetero) is 1. The molecular weight excluding hydrogens is 283 g/mol. The van der Waals surface area contributed by atoms with Crippen LogP contribution in [0.25, 0.3) is 0 Å². The van der Waals surface area contributed by atoms with Crippen LogP contribution in [0.15, 0.2) is 45.5 Å². The number of carbonyl (C=O) groups excluding carboxylic acids is 1. The van der Waals surface area contributed by atoms with Crippen LogP contribution in [-0.2, 0) is 11.2 Å². The molecule has 0 saturated carbocycles. The minimum absolute atomic E-state index is 0.0353. The van der Waals surface area contributed by atoms with Gasteiger partial charge in [-0.25, -0.2) is 0 Å². The van der Waals surface area contributed by atoms with Gasteiger partial charge in [-0.05, 0) is 43.0 Å². The van der Waals surface area contributed by atoms with Gasteiger partial charge < -0.3 is 5.11 Å². The molecule has 0 spiro atoms. The Morgan fingerprint density at radius 2 is 1.84 bits per heavy atom. The first kappa shape index (κ1) is 14.2. The topological polar surface area (TPSA) is 37.3 Å². The Bertz CT molecular complexity index is 568. The molecule has 1 aromatic rings. The van der Waals surface area contributed by atoms with Crippen molar-refractivity contribution in [1.82, 2.24) is 0 Å². The van der Waals surface area contributed by atoms with E-state index in [2.05, 4.69) is 0 Å². The van der Waals surface area contributed by atoms with Crippen LogP contribution < -0.4 is 0 Å². The van der Waals surface area contributed by atoms with Crippen molar-refractivity contribution >= 4 is 29.0 Å². The number of phenols is 1. The molecule has 0 amide bonds. The number of aromatic hydroxyl groups is 1. The summed E-state index contributed by atoms with van der Waals surface area (Å²) in [7, 11) is 0. The van der Waals surface area contributed by atoms with Crippen molar-refractivity contribution in [2.75, 3.05) is 0 Å². The van der Waals surface area contributed by atoms with Crippen molar-refractivity contribution in [2.45, 2.75) is 26.2 Å². The van der Waals surface area contributed by atoms with Crippen LogP contribution >= 0.6 is 23.2 Å². The van der Waals surface area contributed by atoms with Crippen molar-refractivity contribution in [3.63, 3.8) is 0 Å². The van der Waals surface area contributed by atoms with Crippen LogP contribution in [0, 0.1) is 0 Å². The average Bonchev–Trinajstić information content (AvgIpc) is 2.65. The van der Waals surface area contributed by atoms with E-state index in [-0.39, 0.29) is 11.5 Å². The lowest BCUT2D eigenvalue weighted by Crippen LogP contribution is -2.04. The molecule has 4 heteroatoms. The van der Waals surface area contributed by atoms with Crippen LogP contribution in [0.3, 0.4) is 0 Å². The van der Waals surface area contributed by atoms with E-state index in [0.717, 1.165) is 11.1 Å². The highest BCUT2D eigenvalue weighted by atomic mass is 35.5. The molecule has 0 radical (unpaired) electrons. The lowest BCUT2D eigenvalue weighted by molar-refractivity contribution is -0.115. The largest absolute Gasteiger partial charge is 0.508 e. The van der Waals surface area contributed by atoms with Gasteiger partial charge in [-0.1, -0.05) is 35.3 Å². The molecule has 100 valence electrons. The normalized spacial score (nSPS) is 15.3. The Balaban J connectivity index is 1.98. The molecular formula is C15H14Cl2O2. The van der Waals surface area contributed by atoms with Crippen molar-refractivity contribution in [2.24, 2.45) is 0 Å². The van der Waals surface area contributed by atoms with Gasteiger partial charge in [0.05, 0.1) is 10.1 Å². The Labute approximate surface area is 122 Å². The molecule has 1 aliphatic carbocycles. The standard InChI is InChI=1S/C15H14Cl2O2/c1-9-8-12(15(17)14(9)16)13(19)7-4-10-2-5-11(18)6-3-10/h2-3,5-6,18H,4,7-8H2,1H3. The summed E-state index contributed by atoms with van der Waals surface area (Å²) in [5.41, 5.74) is 2.57. The lowest BCUT2D eigenvalue weighted by Gasteiger charge is -2.04. The van der Waals surface area contributed by atoms with Crippen molar-refractivity contribution < 1.29 is 9.90 Å². The van der Waals surface area contributed by atoms with Crippen LogP contribution in [0.4, 0.5) is 0 Å². The van der Waals surface area contributed by atoms with E-state index in [1.165, 1.54) is 0 Å². The number of hydrogen-bond acceptors (Lipinski definition) is 2. The second kappa shape index (κ2) is 5.81. The smallest absolute Gasteiger partial charge is 0.161 e. The van der Waals surface area contributed by atoms with E-state index in [4.69, 9.17) is 23.2 Å². The predicted octanol–water partition coefficient (Wildman–Crippen LogP) is 4.30. The highest BCUT2D eigenvalue weighted by molar-refractivity contribution is 6.46. The first-order valence-electron chi connectivity index (χ1n) is 6.04. The van der Waals surface area contributed by atoms with Gasteiger partial charge >= 0.3 is 0 Å². The Morgan fingerprint density at radius 3 is 2.37 bits per heavy atom. The van der Waals surface area contributed by atoms with E-state index >= 15 is 0 Å². The molecule has 0 aromatic heterocycles. The zero-order valence-corrected chi connectivity index (χ0v) is 12.1. The number of hydrogen-bond donors (Lipinski definition) is 1. The second-order valence-corrected chi connectivity index (χ2v) is 5.41. The molecule has 1 aromatic carbocycles. The van der Waals surface area contributed by atoms with Gasteiger partial charge in [0.2, 0.25) is 0 Å². The van der Waals surface area contributed by atoms with Gasteiger partial charge in [0, 0.05) is 12.0 Å². The number of benzene rings is 1. The number of rotatable bonds is 4. The summed E-state index contributed by atoms with van der Waals surface area (Å²) in [5.74, 6) is 0.260. The third-order valence-electron chi connectivity index (χ3n) is 3.19. The number of carbonyl (C=O) groups is 1. The van der Waals surface area contributed by atoms with E-state index in [1.54, 1.807) is 12.1 Å². The maximum atomic E-state index is 12.1. The third-order valence-corrected chi connectivity index (χ3v) is 4.21. The van der Waals surface area contributed by atoms with Gasteiger partial charge in [-0.15, -0.1) is 0 Å². The van der Waals surface area contributed by atoms with Gasteiger partial charge in [0.1, 0.15) is 5.75 Å². The summed E-state index contributed by atoms with van der Waals surface area (Å²) in [6, 6.07) is 6.85. The van der Waals surface area contributed by atoms with Crippen LogP contribution in [0.2, 0.25) is 0 Å². The van der Waals surface area contributed by atoms with Gasteiger partial charge in [0.25, 0.3) is 0 Å². The molecule has 2 nitrogen and oxygen atoms in total. The summed E-state index contributed by atoms with van der Waals surface area (Å²) in [5, 5.41) is 10.1. The first-order valence-corrected chi connectivity index (χ1v) is 6.80. The van der Waals surface area contributed by atoms with E-state index in [9.17, 15) is 9.90 Å². The predicted molar refractivity (Wildman–Crippen MR) is 77.5 cm³/mol. The van der Waals surface area contributed by atoms with Gasteiger partial charge in [-0.3, -0.25) is 4.79 Å². The minimum Gasteiger partial charge on any atom is -0.508 e. The number of allylic oxidation sites excluding steroid dienone is 4. The molecule has 1 aliphatic rings. The quantitative estimate of drug-likeness (QED) is 0.899. The van der Waals surface area contributed by atoms with Gasteiger partial charge in [0.15, 0.2) is 5.78 Å². The second-order valence-electron chi connectivity index (χ2n) is 4.65. The monoisotopic (exact) mass is 296 g/mol. The molecule has 0 fully saturated rings. The number of ketones is 1. The highest BCUT2D eigenvalue weighted by Crippen LogP contribution is 2.37. The van der Waals surface area contributed by atoms with E-state index in [0.29, 0.717) is 34.9 Å². The molecule has 0 bridgehead atoms. The molecule has 0 saturated heterocycles. The number of halogens is 2. The zero-order chi connectivity index (χ0) is 14.0. The average molecular weight is 297 g/mol. The Hall–Kier alpha value is -1.25. The maximum absolute atomic E-state index is 12.1. The van der Waals surface area contributed by atoms with Crippen LogP contribution in [0.1, 0.15) is 25.3 Å². The van der Waals surface area contributed by atoms with E-state index < -0.39 is 0 Å². The summed E-state index contributed by atoms with van der Waals surface area (Å²) in [6.07, 6.45) is 1.57. The van der Waals surface area contributed by atoms with E-state index in [1.807, 2.05) is 19.1 Å². The molecule has 0 atom stereocenters. The fourth-order valence-corrected chi connectivity index (χ4v) is 2.55. The number of phenolic OH excluding ortho intramolecular Hbond substituents is 1. The molecule has 0 aliphatic heterocycles. The fraction of sp³-hybridized carbons (Fsp3) is 0.267. The molecule has 2 rings (SSSR count). The van der Waals surface area contributed by atoms with Crippen molar-refractivity contribution in [1.29, 1.82) is 0 Å². The van der Waals surface area contributed by atoms with Crippen LogP contribution in [-0.4, -0.2) is 10.9 Å². The minimum atomic E-state index is 0.0353. The Morgan fingerprint density at radius 1 is 1.21 bits per heavy atom. The lowest BCUT2D eigenvalue weighted by atomic mass is 10.0. The molecule has 0 unspecified atom stereocenters. The third kappa shape index (κ3) is 3.20.